The van der Waals surface area contributed by atoms with Crippen LogP contribution in [0.2, 0.25) is 0 Å². The molecule has 78 valence electrons. The van der Waals surface area contributed by atoms with Crippen molar-refractivity contribution in [2.45, 2.75) is 12.2 Å². The molecule has 0 bridgehead atoms. The number of aliphatic hydroxyl groups is 4. The summed E-state index contributed by atoms with van der Waals surface area (Å²) in [4.78, 5) is 0. The lowest BCUT2D eigenvalue weighted by atomic mass is 10.4. The molecule has 0 fully saturated rings. The molecular formula is C6H15NO4P2. The van der Waals surface area contributed by atoms with Crippen LogP contribution >= 0.6 is 17.1 Å². The minimum Gasteiger partial charge on any atom is -0.394 e. The molecule has 4 N–H and O–H groups in total. The first kappa shape index (κ1) is 13.4. The quantitative estimate of drug-likeness (QED) is 0.437. The summed E-state index contributed by atoms with van der Waals surface area (Å²) in [5, 5.41) is 34.7. The molecule has 0 aromatic rings. The van der Waals surface area contributed by atoms with Gasteiger partial charge in [-0.05, 0) is 0 Å². The van der Waals surface area contributed by atoms with E-state index in [1.165, 1.54) is 0 Å². The van der Waals surface area contributed by atoms with E-state index < -0.39 is 12.2 Å². The highest BCUT2D eigenvalue weighted by Gasteiger charge is 2.00. The molecule has 0 aliphatic heterocycles. The van der Waals surface area contributed by atoms with Crippen LogP contribution in [0.4, 0.5) is 0 Å². The van der Waals surface area contributed by atoms with E-state index in [1.807, 2.05) is 0 Å². The van der Waals surface area contributed by atoms with Gasteiger partial charge in [0.25, 0.3) is 0 Å². The first-order chi connectivity index (χ1) is 6.20. The lowest BCUT2D eigenvalue weighted by Crippen LogP contribution is -2.13. The van der Waals surface area contributed by atoms with Crippen LogP contribution in [0.15, 0.2) is 4.52 Å². The number of hydrogen-bond donors (Lipinski definition) is 4. The molecular weight excluding hydrogens is 212 g/mol. The largest absolute Gasteiger partial charge is 0.394 e. The second-order valence-corrected chi connectivity index (χ2v) is 4.63. The third kappa shape index (κ3) is 8.69. The minimum absolute atomic E-state index is 0.230. The van der Waals surface area contributed by atoms with Crippen molar-refractivity contribution in [1.82, 2.24) is 0 Å². The standard InChI is InChI=1S/C6H15NO4P2/c8-1-5(10)3-12-7-13-4-6(11)2-9/h5-6,8-12H,1-4H2. The van der Waals surface area contributed by atoms with Crippen molar-refractivity contribution in [3.8, 4) is 0 Å². The first-order valence-electron chi connectivity index (χ1n) is 3.88. The lowest BCUT2D eigenvalue weighted by Gasteiger charge is -2.03. The van der Waals surface area contributed by atoms with Crippen molar-refractivity contribution >= 4 is 17.1 Å². The third-order valence-electron chi connectivity index (χ3n) is 1.18. The average Bonchev–Trinajstić information content (AvgIpc) is 2.16. The fourth-order valence-corrected chi connectivity index (χ4v) is 2.15. The molecule has 0 spiro atoms. The van der Waals surface area contributed by atoms with E-state index in [0.29, 0.717) is 20.7 Å². The third-order valence-corrected chi connectivity index (χ3v) is 3.55. The summed E-state index contributed by atoms with van der Waals surface area (Å²) >= 11 is 0. The summed E-state index contributed by atoms with van der Waals surface area (Å²) in [6.45, 7) is -0.483. The van der Waals surface area contributed by atoms with Gasteiger partial charge in [-0.1, -0.05) is 0 Å². The molecule has 3 unspecified atom stereocenters. The molecule has 0 rings (SSSR count). The zero-order valence-electron chi connectivity index (χ0n) is 7.17. The highest BCUT2D eigenvalue weighted by atomic mass is 31.1. The average molecular weight is 227 g/mol. The highest BCUT2D eigenvalue weighted by Crippen LogP contribution is 2.20. The summed E-state index contributed by atoms with van der Waals surface area (Å²) in [5.74, 6) is 0. The SMILES string of the molecule is OCC(O)CP=NPCC(O)CO. The van der Waals surface area contributed by atoms with Crippen LogP contribution in [-0.2, 0) is 0 Å². The van der Waals surface area contributed by atoms with Crippen LogP contribution in [0.25, 0.3) is 0 Å². The predicted octanol–water partition coefficient (Wildman–Crippen LogP) is -0.584. The molecule has 0 aliphatic carbocycles. The summed E-state index contributed by atoms with van der Waals surface area (Å²) in [6.07, 6.45) is -0.532. The van der Waals surface area contributed by atoms with Crippen molar-refractivity contribution in [3.05, 3.63) is 0 Å². The Hall–Kier alpha value is 0.370. The number of rotatable bonds is 7. The summed E-state index contributed by atoms with van der Waals surface area (Å²) < 4.78 is 4.00. The molecule has 5 nitrogen and oxygen atoms in total. The Morgan fingerprint density at radius 3 is 2.31 bits per heavy atom. The maximum atomic E-state index is 8.92. The van der Waals surface area contributed by atoms with Crippen LogP contribution in [0, 0.1) is 0 Å². The monoisotopic (exact) mass is 227 g/mol. The van der Waals surface area contributed by atoms with E-state index in [9.17, 15) is 0 Å². The molecule has 0 saturated carbocycles. The molecule has 0 aromatic carbocycles. The molecule has 0 radical (unpaired) electrons. The fourth-order valence-electron chi connectivity index (χ4n) is 0.454. The second kappa shape index (κ2) is 8.95. The van der Waals surface area contributed by atoms with Crippen LogP contribution in [0.3, 0.4) is 0 Å². The lowest BCUT2D eigenvalue weighted by molar-refractivity contribution is 0.113. The minimum atomic E-state index is -0.710. The maximum Gasteiger partial charge on any atom is 0.0860 e. The van der Waals surface area contributed by atoms with E-state index in [1.54, 1.807) is 0 Å². The summed E-state index contributed by atoms with van der Waals surface area (Å²) in [5.41, 5.74) is 0. The Morgan fingerprint density at radius 1 is 1.15 bits per heavy atom. The van der Waals surface area contributed by atoms with Gasteiger partial charge in [0, 0.05) is 29.4 Å². The normalized spacial score (nSPS) is 17.2. The Kier molecular flexibility index (Phi) is 9.20. The number of nitrogens with zero attached hydrogens (tertiary/aromatic N) is 1. The van der Waals surface area contributed by atoms with E-state index in [2.05, 4.69) is 4.52 Å². The summed E-state index contributed by atoms with van der Waals surface area (Å²) in [6, 6.07) is 0. The zero-order chi connectivity index (χ0) is 10.1. The van der Waals surface area contributed by atoms with E-state index >= 15 is 0 Å². The van der Waals surface area contributed by atoms with Crippen molar-refractivity contribution in [1.29, 1.82) is 0 Å². The number of aliphatic hydroxyl groups excluding tert-OH is 4. The smallest absolute Gasteiger partial charge is 0.0860 e. The topological polar surface area (TPSA) is 93.3 Å². The van der Waals surface area contributed by atoms with Gasteiger partial charge in [0.1, 0.15) is 0 Å². The van der Waals surface area contributed by atoms with E-state index in [0.717, 1.165) is 0 Å². The van der Waals surface area contributed by atoms with Gasteiger partial charge in [0.05, 0.1) is 25.4 Å². The highest BCUT2D eigenvalue weighted by molar-refractivity contribution is 7.45. The van der Waals surface area contributed by atoms with E-state index in [4.69, 9.17) is 20.4 Å². The fraction of sp³-hybridized carbons (Fsp3) is 1.00. The van der Waals surface area contributed by atoms with Gasteiger partial charge in [-0.25, -0.2) is 4.52 Å². The van der Waals surface area contributed by atoms with Gasteiger partial charge in [0.15, 0.2) is 0 Å². The molecule has 0 heterocycles. The van der Waals surface area contributed by atoms with Gasteiger partial charge in [0.2, 0.25) is 0 Å². The van der Waals surface area contributed by atoms with Crippen LogP contribution in [0.1, 0.15) is 0 Å². The van der Waals surface area contributed by atoms with Crippen LogP contribution in [-0.4, -0.2) is 58.2 Å². The van der Waals surface area contributed by atoms with Crippen LogP contribution < -0.4 is 0 Å². The van der Waals surface area contributed by atoms with Gasteiger partial charge >= 0.3 is 0 Å². The van der Waals surface area contributed by atoms with Gasteiger partial charge in [-0.2, -0.15) is 0 Å². The van der Waals surface area contributed by atoms with Gasteiger partial charge < -0.3 is 20.4 Å². The number of hydrogen-bond acceptors (Lipinski definition) is 5. The van der Waals surface area contributed by atoms with Gasteiger partial charge in [-0.3, -0.25) is 0 Å². The van der Waals surface area contributed by atoms with Crippen molar-refractivity contribution < 1.29 is 20.4 Å². The molecule has 0 amide bonds. The van der Waals surface area contributed by atoms with Crippen molar-refractivity contribution in [3.63, 3.8) is 0 Å². The molecule has 3 atom stereocenters. The first-order valence-corrected chi connectivity index (χ1v) is 6.06. The molecule has 0 aliphatic rings. The van der Waals surface area contributed by atoms with Crippen LogP contribution in [0.5, 0.6) is 0 Å². The summed E-state index contributed by atoms with van der Waals surface area (Å²) in [7, 11) is 0.944. The van der Waals surface area contributed by atoms with E-state index in [-0.39, 0.29) is 21.9 Å². The molecule has 13 heavy (non-hydrogen) atoms. The molecule has 7 heteroatoms. The predicted molar refractivity (Wildman–Crippen MR) is 53.6 cm³/mol. The molecule has 0 saturated heterocycles. The Morgan fingerprint density at radius 2 is 1.77 bits per heavy atom. The Labute approximate surface area is 80.5 Å². The second-order valence-electron chi connectivity index (χ2n) is 2.46. The van der Waals surface area contributed by atoms with Crippen molar-refractivity contribution in [2.75, 3.05) is 25.5 Å². The molecule has 0 aromatic heterocycles. The Bertz CT molecular complexity index is 147. The van der Waals surface area contributed by atoms with Gasteiger partial charge in [-0.15, -0.1) is 0 Å². The Balaban J connectivity index is 3.31. The van der Waals surface area contributed by atoms with Crippen molar-refractivity contribution in [2.24, 2.45) is 4.52 Å². The maximum absolute atomic E-state index is 8.92. The zero-order valence-corrected chi connectivity index (χ0v) is 9.06.